The smallest absolute Gasteiger partial charge is 0.142 e. The third-order valence-electron chi connectivity index (χ3n) is 7.45. The molecule has 0 N–H and O–H groups in total. The van der Waals surface area contributed by atoms with Crippen molar-refractivity contribution in [2.75, 3.05) is 6.61 Å². The van der Waals surface area contributed by atoms with E-state index < -0.39 is 5.41 Å². The van der Waals surface area contributed by atoms with Crippen LogP contribution in [0.2, 0.25) is 0 Å². The van der Waals surface area contributed by atoms with Crippen LogP contribution in [0.5, 0.6) is 0 Å². The van der Waals surface area contributed by atoms with Crippen molar-refractivity contribution >= 4 is 15.9 Å². The summed E-state index contributed by atoms with van der Waals surface area (Å²) in [6.07, 6.45) is 8.50. The average Bonchev–Trinajstić information content (AvgIpc) is 3.70. The minimum atomic E-state index is -0.423. The Labute approximate surface area is 187 Å². The predicted octanol–water partition coefficient (Wildman–Crippen LogP) is 6.02. The van der Waals surface area contributed by atoms with E-state index in [4.69, 9.17) is 9.72 Å². The maximum atomic E-state index is 10.2. The lowest BCUT2D eigenvalue weighted by atomic mass is 9.65. The molecule has 3 aliphatic rings. The van der Waals surface area contributed by atoms with Crippen LogP contribution < -0.4 is 0 Å². The second kappa shape index (κ2) is 7.80. The summed E-state index contributed by atoms with van der Waals surface area (Å²) in [5, 5.41) is 10.2. The number of ether oxygens (including phenoxy) is 1. The lowest BCUT2D eigenvalue weighted by Crippen LogP contribution is -2.43. The molecule has 0 saturated heterocycles. The summed E-state index contributed by atoms with van der Waals surface area (Å²) in [4.78, 5) is 5.00. The molecule has 0 atom stereocenters. The molecule has 3 saturated carbocycles. The van der Waals surface area contributed by atoms with Crippen molar-refractivity contribution in [1.29, 1.82) is 5.26 Å². The minimum Gasteiger partial charge on any atom is -0.367 e. The molecule has 5 rings (SSSR count). The van der Waals surface area contributed by atoms with Crippen molar-refractivity contribution in [1.82, 2.24) is 9.55 Å². The molecule has 0 spiro atoms. The fourth-order valence-electron chi connectivity index (χ4n) is 4.93. The van der Waals surface area contributed by atoms with Gasteiger partial charge in [-0.2, -0.15) is 5.26 Å². The van der Waals surface area contributed by atoms with E-state index >= 15 is 0 Å². The van der Waals surface area contributed by atoms with Crippen LogP contribution in [0.1, 0.15) is 68.4 Å². The van der Waals surface area contributed by atoms with Crippen molar-refractivity contribution in [3.8, 4) is 6.07 Å². The van der Waals surface area contributed by atoms with Gasteiger partial charge in [-0.3, -0.25) is 0 Å². The molecule has 3 fully saturated rings. The van der Waals surface area contributed by atoms with Gasteiger partial charge in [-0.1, -0.05) is 30.3 Å². The molecule has 0 unspecified atom stereocenters. The lowest BCUT2D eigenvalue weighted by Gasteiger charge is -2.43. The number of aromatic nitrogens is 2. The molecule has 3 aliphatic carbocycles. The standard InChI is InChI=1S/C25H30BrN3O/c1-18-22(26)28-23(29(18)15-19-7-8-19)25(30-16-20-9-10-20)13-11-24(17-27,12-14-25)21-5-3-2-4-6-21/h2-6,19-20H,7-16H2,1H3. The van der Waals surface area contributed by atoms with Gasteiger partial charge in [-0.25, -0.2) is 4.98 Å². The zero-order chi connectivity index (χ0) is 20.8. The monoisotopic (exact) mass is 467 g/mol. The van der Waals surface area contributed by atoms with Crippen LogP contribution in [-0.2, 0) is 22.3 Å². The van der Waals surface area contributed by atoms with Gasteiger partial charge < -0.3 is 9.30 Å². The SMILES string of the molecule is Cc1c(Br)nc(C2(OCC3CC3)CCC(C#N)(c3ccccc3)CC2)n1CC1CC1. The fourth-order valence-corrected chi connectivity index (χ4v) is 5.31. The van der Waals surface area contributed by atoms with Gasteiger partial charge in [0.1, 0.15) is 16.0 Å². The largest absolute Gasteiger partial charge is 0.367 e. The molecule has 0 radical (unpaired) electrons. The van der Waals surface area contributed by atoms with Gasteiger partial charge in [0.05, 0.1) is 18.1 Å². The van der Waals surface area contributed by atoms with E-state index in [0.717, 1.165) is 60.7 Å². The van der Waals surface area contributed by atoms with Crippen LogP contribution in [-0.4, -0.2) is 16.2 Å². The molecular weight excluding hydrogens is 438 g/mol. The molecule has 0 amide bonds. The second-order valence-electron chi connectivity index (χ2n) is 9.67. The minimum absolute atomic E-state index is 0.386. The van der Waals surface area contributed by atoms with Crippen molar-refractivity contribution in [2.24, 2.45) is 11.8 Å². The van der Waals surface area contributed by atoms with Crippen LogP contribution in [0.25, 0.3) is 0 Å². The topological polar surface area (TPSA) is 50.8 Å². The summed E-state index contributed by atoms with van der Waals surface area (Å²) in [6, 6.07) is 13.0. The normalized spacial score (nSPS) is 29.0. The van der Waals surface area contributed by atoms with E-state index in [1.54, 1.807) is 0 Å². The molecule has 0 aliphatic heterocycles. The Morgan fingerprint density at radius 2 is 1.77 bits per heavy atom. The third kappa shape index (κ3) is 3.74. The maximum absolute atomic E-state index is 10.2. The Kier molecular flexibility index (Phi) is 5.27. The van der Waals surface area contributed by atoms with E-state index in [9.17, 15) is 5.26 Å². The van der Waals surface area contributed by atoms with Crippen LogP contribution in [0.15, 0.2) is 34.9 Å². The first-order valence-corrected chi connectivity index (χ1v) is 12.2. The van der Waals surface area contributed by atoms with Gasteiger partial charge in [0.15, 0.2) is 0 Å². The highest BCUT2D eigenvalue weighted by atomic mass is 79.9. The zero-order valence-electron chi connectivity index (χ0n) is 17.7. The Balaban J connectivity index is 1.48. The van der Waals surface area contributed by atoms with Crippen molar-refractivity contribution in [2.45, 2.75) is 75.9 Å². The van der Waals surface area contributed by atoms with E-state index in [1.807, 2.05) is 18.2 Å². The Hall–Kier alpha value is -1.64. The highest BCUT2D eigenvalue weighted by Gasteiger charge is 2.49. The molecule has 4 nitrogen and oxygen atoms in total. The molecular formula is C25H30BrN3O. The molecule has 2 aromatic rings. The summed E-state index contributed by atoms with van der Waals surface area (Å²) < 4.78 is 10.1. The number of hydrogen-bond donors (Lipinski definition) is 0. The number of nitriles is 1. The predicted molar refractivity (Wildman–Crippen MR) is 120 cm³/mol. The Bertz CT molecular complexity index is 945. The Morgan fingerprint density at radius 1 is 1.10 bits per heavy atom. The summed E-state index contributed by atoms with van der Waals surface area (Å²) in [6.45, 7) is 4.01. The molecule has 0 bridgehead atoms. The highest BCUT2D eigenvalue weighted by Crippen LogP contribution is 2.50. The summed E-state index contributed by atoms with van der Waals surface area (Å²) in [5.74, 6) is 2.56. The second-order valence-corrected chi connectivity index (χ2v) is 10.4. The molecule has 1 aromatic heterocycles. The van der Waals surface area contributed by atoms with Gasteiger partial charge in [-0.15, -0.1) is 0 Å². The third-order valence-corrected chi connectivity index (χ3v) is 8.20. The summed E-state index contributed by atoms with van der Waals surface area (Å²) in [5.41, 5.74) is 1.53. The molecule has 158 valence electrons. The first-order chi connectivity index (χ1) is 14.6. The van der Waals surface area contributed by atoms with Gasteiger partial charge in [-0.05, 0) is 91.6 Å². The molecule has 30 heavy (non-hydrogen) atoms. The van der Waals surface area contributed by atoms with E-state index in [0.29, 0.717) is 5.92 Å². The number of nitrogens with zero attached hydrogens (tertiary/aromatic N) is 3. The zero-order valence-corrected chi connectivity index (χ0v) is 19.3. The van der Waals surface area contributed by atoms with Crippen LogP contribution in [0, 0.1) is 30.1 Å². The molecule has 1 aromatic carbocycles. The van der Waals surface area contributed by atoms with Crippen molar-refractivity contribution in [3.63, 3.8) is 0 Å². The van der Waals surface area contributed by atoms with Crippen molar-refractivity contribution < 1.29 is 4.74 Å². The van der Waals surface area contributed by atoms with E-state index in [2.05, 4.69) is 45.6 Å². The number of imidazole rings is 1. The highest BCUT2D eigenvalue weighted by molar-refractivity contribution is 9.10. The fraction of sp³-hybridized carbons (Fsp3) is 0.600. The van der Waals surface area contributed by atoms with Gasteiger partial charge in [0.25, 0.3) is 0 Å². The Morgan fingerprint density at radius 3 is 2.37 bits per heavy atom. The maximum Gasteiger partial charge on any atom is 0.142 e. The number of rotatable bonds is 7. The number of halogens is 1. The van der Waals surface area contributed by atoms with Gasteiger partial charge in [0.2, 0.25) is 0 Å². The van der Waals surface area contributed by atoms with E-state index in [1.165, 1.54) is 31.4 Å². The van der Waals surface area contributed by atoms with Crippen LogP contribution >= 0.6 is 15.9 Å². The number of hydrogen-bond acceptors (Lipinski definition) is 3. The first-order valence-electron chi connectivity index (χ1n) is 11.4. The first kappa shape index (κ1) is 20.3. The van der Waals surface area contributed by atoms with Crippen LogP contribution in [0.4, 0.5) is 0 Å². The van der Waals surface area contributed by atoms with Crippen LogP contribution in [0.3, 0.4) is 0 Å². The van der Waals surface area contributed by atoms with Gasteiger partial charge in [0, 0.05) is 12.2 Å². The lowest BCUT2D eigenvalue weighted by molar-refractivity contribution is -0.0960. The summed E-state index contributed by atoms with van der Waals surface area (Å²) >= 11 is 3.69. The van der Waals surface area contributed by atoms with Crippen molar-refractivity contribution in [3.05, 3.63) is 52.0 Å². The summed E-state index contributed by atoms with van der Waals surface area (Å²) in [7, 11) is 0. The quantitative estimate of drug-likeness (QED) is 0.499. The van der Waals surface area contributed by atoms with Gasteiger partial charge >= 0.3 is 0 Å². The number of benzene rings is 1. The molecule has 1 heterocycles. The molecule has 5 heteroatoms. The van der Waals surface area contributed by atoms with E-state index in [-0.39, 0.29) is 5.60 Å². The average molecular weight is 468 g/mol.